The average molecular weight is 355 g/mol. The average Bonchev–Trinajstić information content (AvgIpc) is 2.94. The molecule has 1 aromatic rings. The van der Waals surface area contributed by atoms with Crippen molar-refractivity contribution in [3.63, 3.8) is 0 Å². The van der Waals surface area contributed by atoms with Crippen LogP contribution >= 0.6 is 15.9 Å². The van der Waals surface area contributed by atoms with Gasteiger partial charge >= 0.3 is 0 Å². The summed E-state index contributed by atoms with van der Waals surface area (Å²) in [6.07, 6.45) is 6.55. The number of alkyl halides is 1. The number of methoxy groups -OCH3 is 2. The number of rotatable bonds is 6. The van der Waals surface area contributed by atoms with E-state index in [4.69, 9.17) is 9.47 Å². The summed E-state index contributed by atoms with van der Waals surface area (Å²) in [6, 6.07) is 6.17. The van der Waals surface area contributed by atoms with Gasteiger partial charge < -0.3 is 9.47 Å². The van der Waals surface area contributed by atoms with E-state index in [0.29, 0.717) is 16.2 Å². The van der Waals surface area contributed by atoms with Crippen LogP contribution in [0.5, 0.6) is 11.5 Å². The molecule has 0 spiro atoms. The Kier molecular flexibility index (Phi) is 5.59. The minimum Gasteiger partial charge on any atom is -0.497 e. The Balaban J connectivity index is 2.34. The first kappa shape index (κ1) is 16.7. The molecule has 1 unspecified atom stereocenters. The summed E-state index contributed by atoms with van der Waals surface area (Å²) in [4.78, 5) is 0.343. The molecule has 21 heavy (non-hydrogen) atoms. The molecule has 1 fully saturated rings. The Morgan fingerprint density at radius 1 is 1.14 bits per heavy atom. The Labute approximate surface area is 137 Å². The summed E-state index contributed by atoms with van der Waals surface area (Å²) >= 11 is 4.02. The molecule has 0 amide bonds. The van der Waals surface area contributed by atoms with Crippen LogP contribution in [0, 0.1) is 11.3 Å². The third-order valence-corrected chi connectivity index (χ3v) is 6.13. The highest BCUT2D eigenvalue weighted by Gasteiger charge is 2.42. The molecule has 1 saturated carbocycles. The molecule has 0 aromatic heterocycles. The zero-order valence-electron chi connectivity index (χ0n) is 13.6. The molecule has 0 saturated heterocycles. The molecule has 0 N–H and O–H groups in total. The lowest BCUT2D eigenvalue weighted by atomic mass is 9.74. The Morgan fingerprint density at radius 2 is 1.81 bits per heavy atom. The van der Waals surface area contributed by atoms with Gasteiger partial charge in [-0.3, -0.25) is 0 Å². The molecular weight excluding hydrogens is 328 g/mol. The van der Waals surface area contributed by atoms with Crippen molar-refractivity contribution in [3.8, 4) is 11.5 Å². The van der Waals surface area contributed by atoms with E-state index in [9.17, 15) is 0 Å². The third-order valence-electron chi connectivity index (χ3n) is 4.67. The minimum absolute atomic E-state index is 0.343. The Bertz CT molecular complexity index is 464. The Hall–Kier alpha value is -0.700. The van der Waals surface area contributed by atoms with Crippen LogP contribution in [0.4, 0.5) is 0 Å². The fourth-order valence-corrected chi connectivity index (χ4v) is 4.83. The molecule has 2 nitrogen and oxygen atoms in total. The number of ether oxygens (including phenoxy) is 2. The second-order valence-electron chi connectivity index (χ2n) is 6.64. The van der Waals surface area contributed by atoms with Gasteiger partial charge in [-0.25, -0.2) is 0 Å². The van der Waals surface area contributed by atoms with Crippen LogP contribution in [0.15, 0.2) is 18.2 Å². The fourth-order valence-electron chi connectivity index (χ4n) is 3.81. The first-order valence-electron chi connectivity index (χ1n) is 7.88. The normalized spacial score (nSPS) is 18.8. The predicted molar refractivity (Wildman–Crippen MR) is 91.6 cm³/mol. The summed E-state index contributed by atoms with van der Waals surface area (Å²) < 4.78 is 10.9. The van der Waals surface area contributed by atoms with Crippen molar-refractivity contribution in [1.29, 1.82) is 0 Å². The molecule has 0 bridgehead atoms. The third kappa shape index (κ3) is 3.56. The smallest absolute Gasteiger partial charge is 0.126 e. The van der Waals surface area contributed by atoms with E-state index in [-0.39, 0.29) is 0 Å². The van der Waals surface area contributed by atoms with Crippen LogP contribution < -0.4 is 9.47 Å². The first-order valence-corrected chi connectivity index (χ1v) is 8.80. The topological polar surface area (TPSA) is 18.5 Å². The Morgan fingerprint density at radius 3 is 2.33 bits per heavy atom. The summed E-state index contributed by atoms with van der Waals surface area (Å²) in [6.45, 7) is 4.65. The van der Waals surface area contributed by atoms with Gasteiger partial charge in [0.05, 0.1) is 14.2 Å². The van der Waals surface area contributed by atoms with E-state index in [0.717, 1.165) is 11.5 Å². The van der Waals surface area contributed by atoms with Gasteiger partial charge in [-0.2, -0.15) is 0 Å². The zero-order valence-corrected chi connectivity index (χ0v) is 15.2. The molecule has 1 atom stereocenters. The molecule has 3 heteroatoms. The lowest BCUT2D eigenvalue weighted by Gasteiger charge is -2.36. The maximum Gasteiger partial charge on any atom is 0.126 e. The maximum atomic E-state index is 5.61. The van der Waals surface area contributed by atoms with Crippen molar-refractivity contribution in [2.75, 3.05) is 14.2 Å². The molecule has 118 valence electrons. The highest BCUT2D eigenvalue weighted by Crippen LogP contribution is 2.57. The van der Waals surface area contributed by atoms with Crippen LogP contribution in [0.3, 0.4) is 0 Å². The van der Waals surface area contributed by atoms with E-state index in [1.165, 1.54) is 37.7 Å². The molecule has 1 aromatic carbocycles. The van der Waals surface area contributed by atoms with Crippen LogP contribution in [0.2, 0.25) is 0 Å². The van der Waals surface area contributed by atoms with Crippen molar-refractivity contribution in [2.45, 2.75) is 50.8 Å². The number of hydrogen-bond donors (Lipinski definition) is 0. The molecule has 1 aliphatic rings. The second kappa shape index (κ2) is 7.04. The van der Waals surface area contributed by atoms with Gasteiger partial charge in [-0.1, -0.05) is 48.7 Å². The van der Waals surface area contributed by atoms with Gasteiger partial charge in [0.25, 0.3) is 0 Å². The van der Waals surface area contributed by atoms with E-state index >= 15 is 0 Å². The van der Waals surface area contributed by atoms with Crippen LogP contribution in [0.25, 0.3) is 0 Å². The monoisotopic (exact) mass is 354 g/mol. The van der Waals surface area contributed by atoms with E-state index < -0.39 is 0 Å². The van der Waals surface area contributed by atoms with E-state index in [1.54, 1.807) is 14.2 Å². The van der Waals surface area contributed by atoms with Crippen molar-refractivity contribution in [3.05, 3.63) is 23.8 Å². The summed E-state index contributed by atoms with van der Waals surface area (Å²) in [5.74, 6) is 2.48. The lowest BCUT2D eigenvalue weighted by Crippen LogP contribution is -2.24. The van der Waals surface area contributed by atoms with E-state index in [2.05, 4.69) is 35.8 Å². The lowest BCUT2D eigenvalue weighted by molar-refractivity contribution is 0.227. The molecule has 0 aliphatic heterocycles. The molecule has 0 radical (unpaired) electrons. The predicted octanol–water partition coefficient (Wildman–Crippen LogP) is 5.75. The molecule has 0 heterocycles. The standard InChI is InChI=1S/C18H27BrO2/c1-13(2)12-18(9-5-6-10-18)17(19)15-8-7-14(20-3)11-16(15)21-4/h7-8,11,13,17H,5-6,9-10,12H2,1-4H3. The van der Waals surface area contributed by atoms with Gasteiger partial charge in [0.15, 0.2) is 0 Å². The maximum absolute atomic E-state index is 5.61. The van der Waals surface area contributed by atoms with Gasteiger partial charge in [0.2, 0.25) is 0 Å². The van der Waals surface area contributed by atoms with Crippen molar-refractivity contribution < 1.29 is 9.47 Å². The largest absolute Gasteiger partial charge is 0.497 e. The second-order valence-corrected chi connectivity index (χ2v) is 7.55. The summed E-state index contributed by atoms with van der Waals surface area (Å²) in [7, 11) is 3.43. The molecule has 2 rings (SSSR count). The SMILES string of the molecule is COc1ccc(C(Br)C2(CC(C)C)CCCC2)c(OC)c1. The molecular formula is C18H27BrO2. The van der Waals surface area contributed by atoms with E-state index in [1.807, 2.05) is 12.1 Å². The van der Waals surface area contributed by atoms with Crippen molar-refractivity contribution in [1.82, 2.24) is 0 Å². The van der Waals surface area contributed by atoms with Crippen molar-refractivity contribution >= 4 is 15.9 Å². The van der Waals surface area contributed by atoms with Gasteiger partial charge in [0.1, 0.15) is 11.5 Å². The van der Waals surface area contributed by atoms with Gasteiger partial charge in [-0.05, 0) is 36.7 Å². The fraction of sp³-hybridized carbons (Fsp3) is 0.667. The first-order chi connectivity index (χ1) is 10.0. The summed E-state index contributed by atoms with van der Waals surface area (Å²) in [5, 5.41) is 0. The number of benzene rings is 1. The van der Waals surface area contributed by atoms with Gasteiger partial charge in [0, 0.05) is 16.5 Å². The van der Waals surface area contributed by atoms with Crippen LogP contribution in [-0.4, -0.2) is 14.2 Å². The van der Waals surface area contributed by atoms with Crippen molar-refractivity contribution in [2.24, 2.45) is 11.3 Å². The highest BCUT2D eigenvalue weighted by molar-refractivity contribution is 9.09. The van der Waals surface area contributed by atoms with Crippen LogP contribution in [-0.2, 0) is 0 Å². The number of halogens is 1. The zero-order chi connectivity index (χ0) is 15.5. The number of hydrogen-bond acceptors (Lipinski definition) is 2. The van der Waals surface area contributed by atoms with Crippen LogP contribution in [0.1, 0.15) is 56.3 Å². The minimum atomic E-state index is 0.343. The quantitative estimate of drug-likeness (QED) is 0.605. The van der Waals surface area contributed by atoms with Gasteiger partial charge in [-0.15, -0.1) is 0 Å². The highest BCUT2D eigenvalue weighted by atomic mass is 79.9. The molecule has 1 aliphatic carbocycles. The summed E-state index contributed by atoms with van der Waals surface area (Å²) in [5.41, 5.74) is 1.61.